The maximum atomic E-state index is 4.73. The van der Waals surface area contributed by atoms with Crippen LogP contribution in [0, 0.1) is 6.61 Å². The number of ether oxygens (including phenoxy) is 1. The zero-order valence-electron chi connectivity index (χ0n) is 3.48. The molecular weight excluding hydrogens is 76.1 g/mol. The smallest absolute Gasteiger partial charge is 0.158 e. The monoisotopic (exact) mass is 82.0 g/mol. The summed E-state index contributed by atoms with van der Waals surface area (Å²) in [6, 6.07) is 0. The molecule has 0 fully saturated rings. The quantitative estimate of drug-likeness (QED) is 0.423. The zero-order chi connectivity index (χ0) is 4.24. The van der Waals surface area contributed by atoms with Gasteiger partial charge in [0.1, 0.15) is 0 Å². The van der Waals surface area contributed by atoms with Gasteiger partial charge in [-0.25, -0.2) is 0 Å². The minimum atomic E-state index is 0.802. The highest BCUT2D eigenvalue weighted by atomic mass is 16.5. The molecule has 0 aliphatic carbocycles. The Kier molecular flexibility index (Phi) is 1.28. The molecule has 1 nitrogen and oxygen atoms in total. The zero-order valence-corrected chi connectivity index (χ0v) is 3.48. The molecular formula is C5H6O. The number of rotatable bonds is 0. The molecule has 0 saturated heterocycles. The second-order valence-corrected chi connectivity index (χ2v) is 1.16. The maximum Gasteiger partial charge on any atom is 0.158 e. The summed E-state index contributed by atoms with van der Waals surface area (Å²) in [4.78, 5) is 0. The third-order valence-electron chi connectivity index (χ3n) is 0.656. The molecule has 0 aromatic carbocycles. The van der Waals surface area contributed by atoms with Crippen LogP contribution in [0.5, 0.6) is 0 Å². The van der Waals surface area contributed by atoms with E-state index in [0.29, 0.717) is 0 Å². The van der Waals surface area contributed by atoms with Crippen LogP contribution in [0.2, 0.25) is 0 Å². The van der Waals surface area contributed by atoms with Gasteiger partial charge in [-0.1, -0.05) is 6.08 Å². The van der Waals surface area contributed by atoms with Gasteiger partial charge in [0.05, 0.1) is 6.61 Å². The Morgan fingerprint density at radius 3 is 2.83 bits per heavy atom. The fourth-order valence-corrected chi connectivity index (χ4v) is 0.365. The van der Waals surface area contributed by atoms with E-state index >= 15 is 0 Å². The van der Waals surface area contributed by atoms with Gasteiger partial charge in [0, 0.05) is 0 Å². The Bertz CT molecular complexity index is 49.0. The molecule has 6 heavy (non-hydrogen) atoms. The Morgan fingerprint density at radius 1 is 1.67 bits per heavy atom. The summed E-state index contributed by atoms with van der Waals surface area (Å²) in [6.45, 7) is 3.41. The molecule has 0 aromatic heterocycles. The lowest BCUT2D eigenvalue weighted by atomic mass is 10.3. The van der Waals surface area contributed by atoms with Crippen LogP contribution in [-0.4, -0.2) is 6.61 Å². The van der Waals surface area contributed by atoms with Gasteiger partial charge in [0.15, 0.2) is 6.61 Å². The van der Waals surface area contributed by atoms with Gasteiger partial charge >= 0.3 is 0 Å². The van der Waals surface area contributed by atoms with Crippen LogP contribution in [0.25, 0.3) is 0 Å². The van der Waals surface area contributed by atoms with Crippen molar-refractivity contribution in [1.29, 1.82) is 0 Å². The van der Waals surface area contributed by atoms with Crippen LogP contribution < -0.4 is 0 Å². The molecule has 0 bridgehead atoms. The van der Waals surface area contributed by atoms with Gasteiger partial charge in [-0.05, 0) is 12.5 Å². The van der Waals surface area contributed by atoms with Crippen molar-refractivity contribution < 1.29 is 4.74 Å². The van der Waals surface area contributed by atoms with Gasteiger partial charge in [0.25, 0.3) is 0 Å². The standard InChI is InChI=1S/C5H6O/c1-2-4-6-5-3-1/h1-2H,3,5H2. The predicted molar refractivity (Wildman–Crippen MR) is 23.0 cm³/mol. The third kappa shape index (κ3) is 0.830. The van der Waals surface area contributed by atoms with Gasteiger partial charge in [-0.15, -0.1) is 0 Å². The lowest BCUT2D eigenvalue weighted by Gasteiger charge is -1.98. The molecule has 1 aliphatic heterocycles. The Hall–Kier alpha value is -0.300. The highest BCUT2D eigenvalue weighted by Gasteiger charge is 1.88. The SMILES string of the molecule is [C]1C=CCCO1. The first-order chi connectivity index (χ1) is 3.00. The summed E-state index contributed by atoms with van der Waals surface area (Å²) < 4.78 is 4.73. The van der Waals surface area contributed by atoms with E-state index < -0.39 is 0 Å². The molecule has 32 valence electrons. The Balaban J connectivity index is 2.26. The van der Waals surface area contributed by atoms with Gasteiger partial charge in [0.2, 0.25) is 0 Å². The van der Waals surface area contributed by atoms with E-state index in [-0.39, 0.29) is 0 Å². The van der Waals surface area contributed by atoms with Gasteiger partial charge < -0.3 is 4.74 Å². The minimum Gasteiger partial charge on any atom is -0.364 e. The van der Waals surface area contributed by atoms with Crippen LogP contribution in [0.4, 0.5) is 0 Å². The molecule has 1 heterocycles. The molecule has 2 radical (unpaired) electrons. The highest BCUT2D eigenvalue weighted by molar-refractivity contribution is 4.92. The van der Waals surface area contributed by atoms with E-state index in [9.17, 15) is 0 Å². The first kappa shape index (κ1) is 3.88. The van der Waals surface area contributed by atoms with E-state index in [2.05, 4.69) is 6.61 Å². The van der Waals surface area contributed by atoms with Crippen molar-refractivity contribution in [3.8, 4) is 0 Å². The highest BCUT2D eigenvalue weighted by Crippen LogP contribution is 1.95. The van der Waals surface area contributed by atoms with E-state index in [4.69, 9.17) is 4.74 Å². The van der Waals surface area contributed by atoms with Crippen LogP contribution in [0.15, 0.2) is 12.2 Å². The molecule has 0 N–H and O–H groups in total. The molecule has 1 aliphatic rings. The van der Waals surface area contributed by atoms with E-state index in [1.807, 2.05) is 6.08 Å². The normalized spacial score (nSPS) is 21.3. The van der Waals surface area contributed by atoms with E-state index in [0.717, 1.165) is 13.0 Å². The lowest BCUT2D eigenvalue weighted by Crippen LogP contribution is -1.91. The topological polar surface area (TPSA) is 9.23 Å². The second-order valence-electron chi connectivity index (χ2n) is 1.16. The summed E-state index contributed by atoms with van der Waals surface area (Å²) in [5.41, 5.74) is 0. The molecule has 0 saturated carbocycles. The van der Waals surface area contributed by atoms with Crippen LogP contribution in [-0.2, 0) is 4.74 Å². The van der Waals surface area contributed by atoms with Crippen LogP contribution in [0.1, 0.15) is 6.42 Å². The van der Waals surface area contributed by atoms with Crippen molar-refractivity contribution in [1.82, 2.24) is 0 Å². The van der Waals surface area contributed by atoms with Crippen LogP contribution >= 0.6 is 0 Å². The van der Waals surface area contributed by atoms with Gasteiger partial charge in [-0.3, -0.25) is 0 Å². The molecule has 0 spiro atoms. The summed E-state index contributed by atoms with van der Waals surface area (Å²) in [5.74, 6) is 0. The van der Waals surface area contributed by atoms with Crippen molar-refractivity contribution in [3.63, 3.8) is 0 Å². The molecule has 1 rings (SSSR count). The minimum absolute atomic E-state index is 0.802. The van der Waals surface area contributed by atoms with Crippen molar-refractivity contribution in [3.05, 3.63) is 18.8 Å². The fraction of sp³-hybridized carbons (Fsp3) is 0.400. The van der Waals surface area contributed by atoms with Crippen molar-refractivity contribution in [2.24, 2.45) is 0 Å². The summed E-state index contributed by atoms with van der Waals surface area (Å²) in [7, 11) is 0. The lowest BCUT2D eigenvalue weighted by molar-refractivity contribution is 0.213. The Labute approximate surface area is 37.6 Å². The number of hydrogen-bond donors (Lipinski definition) is 0. The fourth-order valence-electron chi connectivity index (χ4n) is 0.365. The average molecular weight is 82.1 g/mol. The number of hydrogen-bond acceptors (Lipinski definition) is 1. The molecule has 0 atom stereocenters. The van der Waals surface area contributed by atoms with E-state index in [1.54, 1.807) is 6.08 Å². The van der Waals surface area contributed by atoms with Crippen LogP contribution in [0.3, 0.4) is 0 Å². The molecule has 0 aromatic rings. The Morgan fingerprint density at radius 2 is 2.67 bits per heavy atom. The van der Waals surface area contributed by atoms with E-state index in [1.165, 1.54) is 0 Å². The first-order valence-corrected chi connectivity index (χ1v) is 2.02. The van der Waals surface area contributed by atoms with Crippen molar-refractivity contribution in [2.75, 3.05) is 6.61 Å². The van der Waals surface area contributed by atoms with Gasteiger partial charge in [-0.2, -0.15) is 0 Å². The largest absolute Gasteiger partial charge is 0.364 e. The third-order valence-corrected chi connectivity index (χ3v) is 0.656. The first-order valence-electron chi connectivity index (χ1n) is 2.02. The second kappa shape index (κ2) is 1.98. The average Bonchev–Trinajstić information content (AvgIpc) is 1.72. The van der Waals surface area contributed by atoms with Crippen molar-refractivity contribution >= 4 is 0 Å². The molecule has 1 heteroatoms. The maximum absolute atomic E-state index is 4.73. The summed E-state index contributed by atoms with van der Waals surface area (Å²) in [6.07, 6.45) is 4.86. The predicted octanol–water partition coefficient (Wildman–Crippen LogP) is 1.00. The summed E-state index contributed by atoms with van der Waals surface area (Å²) >= 11 is 0. The summed E-state index contributed by atoms with van der Waals surface area (Å²) in [5, 5.41) is 0. The molecule has 0 amide bonds. The van der Waals surface area contributed by atoms with Crippen molar-refractivity contribution in [2.45, 2.75) is 6.42 Å². The molecule has 0 unspecified atom stereocenters.